The van der Waals surface area contributed by atoms with Crippen LogP contribution in [0.1, 0.15) is 43.7 Å². The van der Waals surface area contributed by atoms with E-state index in [1.807, 2.05) is 13.8 Å². The van der Waals surface area contributed by atoms with Crippen LogP contribution in [-0.4, -0.2) is 19.7 Å². The Morgan fingerprint density at radius 1 is 1.29 bits per heavy atom. The molecule has 1 aromatic carbocycles. The van der Waals surface area contributed by atoms with Gasteiger partial charge in [0.05, 0.1) is 12.2 Å². The Morgan fingerprint density at radius 3 is 2.62 bits per heavy atom. The number of alkyl halides is 3. The van der Waals surface area contributed by atoms with Gasteiger partial charge in [0.2, 0.25) is 0 Å². The van der Waals surface area contributed by atoms with Crippen molar-refractivity contribution in [2.75, 3.05) is 19.7 Å². The van der Waals surface area contributed by atoms with Crippen molar-refractivity contribution in [1.82, 2.24) is 5.32 Å². The Balaban J connectivity index is 2.27. The SMILES string of the molecule is CC(C)COc1cc(C2CCCNC2)cc(C(F)(F)F)c1. The van der Waals surface area contributed by atoms with Gasteiger partial charge in [-0.25, -0.2) is 0 Å². The third-order valence-corrected chi connectivity index (χ3v) is 3.61. The minimum absolute atomic E-state index is 0.127. The predicted molar refractivity (Wildman–Crippen MR) is 76.6 cm³/mol. The second-order valence-electron chi connectivity index (χ2n) is 6.04. The molecule has 0 saturated carbocycles. The quantitative estimate of drug-likeness (QED) is 0.899. The summed E-state index contributed by atoms with van der Waals surface area (Å²) in [7, 11) is 0. The topological polar surface area (TPSA) is 21.3 Å². The van der Waals surface area contributed by atoms with E-state index in [4.69, 9.17) is 4.74 Å². The van der Waals surface area contributed by atoms with Gasteiger partial charge >= 0.3 is 6.18 Å². The van der Waals surface area contributed by atoms with Crippen LogP contribution in [0, 0.1) is 5.92 Å². The standard InChI is InChI=1S/C16H22F3NO/c1-11(2)10-21-15-7-13(12-4-3-5-20-9-12)6-14(8-15)16(17,18)19/h6-8,11-12,20H,3-5,9-10H2,1-2H3. The molecule has 1 N–H and O–H groups in total. The first-order chi connectivity index (χ1) is 9.86. The van der Waals surface area contributed by atoms with Gasteiger partial charge in [-0.1, -0.05) is 13.8 Å². The highest BCUT2D eigenvalue weighted by Crippen LogP contribution is 2.36. The lowest BCUT2D eigenvalue weighted by molar-refractivity contribution is -0.137. The fourth-order valence-electron chi connectivity index (χ4n) is 2.50. The van der Waals surface area contributed by atoms with Gasteiger partial charge in [0.25, 0.3) is 0 Å². The molecule has 0 bridgehead atoms. The number of halogens is 3. The zero-order chi connectivity index (χ0) is 15.5. The number of hydrogen-bond donors (Lipinski definition) is 1. The van der Waals surface area contributed by atoms with Crippen LogP contribution in [0.2, 0.25) is 0 Å². The summed E-state index contributed by atoms with van der Waals surface area (Å²) in [6, 6.07) is 4.12. The molecule has 21 heavy (non-hydrogen) atoms. The monoisotopic (exact) mass is 301 g/mol. The first-order valence-electron chi connectivity index (χ1n) is 7.42. The van der Waals surface area contributed by atoms with Crippen molar-refractivity contribution >= 4 is 0 Å². The molecule has 0 spiro atoms. The van der Waals surface area contributed by atoms with Crippen molar-refractivity contribution in [1.29, 1.82) is 0 Å². The number of ether oxygens (including phenoxy) is 1. The molecule has 0 radical (unpaired) electrons. The van der Waals surface area contributed by atoms with Crippen LogP contribution in [0.4, 0.5) is 13.2 Å². The Hall–Kier alpha value is -1.23. The molecule has 118 valence electrons. The van der Waals surface area contributed by atoms with E-state index in [1.165, 1.54) is 6.07 Å². The molecule has 1 heterocycles. The number of benzene rings is 1. The summed E-state index contributed by atoms with van der Waals surface area (Å²) in [6.45, 7) is 6.03. The van der Waals surface area contributed by atoms with Gasteiger partial charge in [-0.05, 0) is 55.0 Å². The van der Waals surface area contributed by atoms with Crippen LogP contribution in [0.5, 0.6) is 5.75 Å². The molecule has 2 rings (SSSR count). The molecular weight excluding hydrogens is 279 g/mol. The van der Waals surface area contributed by atoms with Gasteiger partial charge < -0.3 is 10.1 Å². The Bertz CT molecular complexity index is 465. The Kier molecular flexibility index (Phi) is 5.14. The van der Waals surface area contributed by atoms with E-state index in [1.54, 1.807) is 6.07 Å². The van der Waals surface area contributed by atoms with Crippen LogP contribution >= 0.6 is 0 Å². The third kappa shape index (κ3) is 4.63. The van der Waals surface area contributed by atoms with Gasteiger partial charge in [0, 0.05) is 6.54 Å². The largest absolute Gasteiger partial charge is 0.493 e. The summed E-state index contributed by atoms with van der Waals surface area (Å²) < 4.78 is 44.6. The Labute approximate surface area is 123 Å². The second-order valence-corrected chi connectivity index (χ2v) is 6.04. The van der Waals surface area contributed by atoms with E-state index in [2.05, 4.69) is 5.32 Å². The van der Waals surface area contributed by atoms with Gasteiger partial charge in [-0.3, -0.25) is 0 Å². The number of hydrogen-bond acceptors (Lipinski definition) is 2. The van der Waals surface area contributed by atoms with Crippen LogP contribution in [-0.2, 0) is 6.18 Å². The highest BCUT2D eigenvalue weighted by atomic mass is 19.4. The van der Waals surface area contributed by atoms with Crippen LogP contribution in [0.3, 0.4) is 0 Å². The molecule has 1 saturated heterocycles. The first-order valence-corrected chi connectivity index (χ1v) is 7.42. The van der Waals surface area contributed by atoms with Crippen LogP contribution in [0.25, 0.3) is 0 Å². The molecule has 2 nitrogen and oxygen atoms in total. The summed E-state index contributed by atoms with van der Waals surface area (Å²) in [5.41, 5.74) is 0.0973. The molecular formula is C16H22F3NO. The van der Waals surface area contributed by atoms with Crippen molar-refractivity contribution < 1.29 is 17.9 Å². The lowest BCUT2D eigenvalue weighted by Gasteiger charge is -2.24. The average molecular weight is 301 g/mol. The highest BCUT2D eigenvalue weighted by molar-refractivity contribution is 5.38. The normalized spacial score (nSPS) is 19.8. The van der Waals surface area contributed by atoms with Crippen molar-refractivity contribution in [2.45, 2.75) is 38.8 Å². The minimum atomic E-state index is -4.34. The van der Waals surface area contributed by atoms with Crippen molar-refractivity contribution in [3.63, 3.8) is 0 Å². The molecule has 0 aliphatic carbocycles. The van der Waals surface area contributed by atoms with Gasteiger partial charge in [0.15, 0.2) is 0 Å². The Morgan fingerprint density at radius 2 is 2.05 bits per heavy atom. The molecule has 1 aliphatic heterocycles. The minimum Gasteiger partial charge on any atom is -0.493 e. The summed E-state index contributed by atoms with van der Waals surface area (Å²) >= 11 is 0. The number of nitrogens with one attached hydrogen (secondary N) is 1. The maximum atomic E-state index is 13.0. The fourth-order valence-corrected chi connectivity index (χ4v) is 2.50. The maximum Gasteiger partial charge on any atom is 0.416 e. The molecule has 0 amide bonds. The molecule has 5 heteroatoms. The van der Waals surface area contributed by atoms with E-state index in [9.17, 15) is 13.2 Å². The summed E-state index contributed by atoms with van der Waals surface area (Å²) in [5.74, 6) is 0.723. The lowest BCUT2D eigenvalue weighted by Crippen LogP contribution is -2.28. The molecule has 1 aromatic rings. The van der Waals surface area contributed by atoms with Crippen LogP contribution < -0.4 is 10.1 Å². The third-order valence-electron chi connectivity index (χ3n) is 3.61. The molecule has 1 atom stereocenters. The van der Waals surface area contributed by atoms with E-state index < -0.39 is 11.7 Å². The maximum absolute atomic E-state index is 13.0. The molecule has 1 aliphatic rings. The smallest absolute Gasteiger partial charge is 0.416 e. The van der Waals surface area contributed by atoms with E-state index in [-0.39, 0.29) is 11.8 Å². The van der Waals surface area contributed by atoms with Crippen LogP contribution in [0.15, 0.2) is 18.2 Å². The van der Waals surface area contributed by atoms with E-state index in [0.29, 0.717) is 12.4 Å². The van der Waals surface area contributed by atoms with E-state index in [0.717, 1.165) is 37.6 Å². The number of piperidine rings is 1. The van der Waals surface area contributed by atoms with Gasteiger partial charge in [0.1, 0.15) is 5.75 Å². The second kappa shape index (κ2) is 6.69. The van der Waals surface area contributed by atoms with Gasteiger partial charge in [-0.15, -0.1) is 0 Å². The summed E-state index contributed by atoms with van der Waals surface area (Å²) in [6.07, 6.45) is -2.44. The summed E-state index contributed by atoms with van der Waals surface area (Å²) in [4.78, 5) is 0. The zero-order valence-corrected chi connectivity index (χ0v) is 12.5. The molecule has 1 fully saturated rings. The van der Waals surface area contributed by atoms with Crippen molar-refractivity contribution in [3.8, 4) is 5.75 Å². The predicted octanol–water partition coefficient (Wildman–Crippen LogP) is 4.21. The average Bonchev–Trinajstić information content (AvgIpc) is 2.45. The first kappa shape index (κ1) is 16.1. The highest BCUT2D eigenvalue weighted by Gasteiger charge is 2.32. The molecule has 1 unspecified atom stereocenters. The molecule has 0 aromatic heterocycles. The fraction of sp³-hybridized carbons (Fsp3) is 0.625. The number of rotatable bonds is 4. The van der Waals surface area contributed by atoms with Crippen molar-refractivity contribution in [3.05, 3.63) is 29.3 Å². The lowest BCUT2D eigenvalue weighted by atomic mass is 9.90. The van der Waals surface area contributed by atoms with E-state index >= 15 is 0 Å². The summed E-state index contributed by atoms with van der Waals surface area (Å²) in [5, 5.41) is 3.24. The van der Waals surface area contributed by atoms with Crippen molar-refractivity contribution in [2.24, 2.45) is 5.92 Å². The van der Waals surface area contributed by atoms with Gasteiger partial charge in [-0.2, -0.15) is 13.2 Å². The zero-order valence-electron chi connectivity index (χ0n) is 12.5.